The van der Waals surface area contributed by atoms with E-state index in [1.807, 2.05) is 68.4 Å². The second-order valence-corrected chi connectivity index (χ2v) is 6.37. The van der Waals surface area contributed by atoms with Gasteiger partial charge in [0, 0.05) is 12.1 Å². The van der Waals surface area contributed by atoms with Crippen molar-refractivity contribution in [3.63, 3.8) is 0 Å². The molecule has 0 aliphatic heterocycles. The van der Waals surface area contributed by atoms with Crippen molar-refractivity contribution in [2.75, 3.05) is 0 Å². The fraction of sp³-hybridized carbons (Fsp3) is 0.227. The van der Waals surface area contributed by atoms with Crippen LogP contribution in [0.15, 0.2) is 65.3 Å². The van der Waals surface area contributed by atoms with Gasteiger partial charge in [-0.2, -0.15) is 0 Å². The Bertz CT molecular complexity index is 869. The lowest BCUT2D eigenvalue weighted by molar-refractivity contribution is 0.0928. The molecular weight excluding hydrogens is 326 g/mol. The normalized spacial score (nSPS) is 10.7. The third-order valence-electron chi connectivity index (χ3n) is 4.31. The van der Waals surface area contributed by atoms with E-state index in [2.05, 4.69) is 5.32 Å². The van der Waals surface area contributed by atoms with Crippen LogP contribution in [0.3, 0.4) is 0 Å². The van der Waals surface area contributed by atoms with Crippen molar-refractivity contribution in [1.82, 2.24) is 5.32 Å². The highest BCUT2D eigenvalue weighted by molar-refractivity contribution is 5.94. The smallest absolute Gasteiger partial charge is 0.251 e. The number of nitrogens with one attached hydrogen (secondary N) is 1. The quantitative estimate of drug-likeness (QED) is 0.681. The monoisotopic (exact) mass is 349 g/mol. The summed E-state index contributed by atoms with van der Waals surface area (Å²) in [5.74, 6) is 0.745. The van der Waals surface area contributed by atoms with Gasteiger partial charge in [0.2, 0.25) is 0 Å². The molecule has 1 heterocycles. The Balaban J connectivity index is 1.53. The van der Waals surface area contributed by atoms with Gasteiger partial charge in [-0.05, 0) is 60.4 Å². The van der Waals surface area contributed by atoms with Gasteiger partial charge >= 0.3 is 0 Å². The molecule has 0 aliphatic rings. The zero-order valence-corrected chi connectivity index (χ0v) is 15.1. The maximum Gasteiger partial charge on any atom is 0.251 e. The second-order valence-electron chi connectivity index (χ2n) is 6.37. The van der Waals surface area contributed by atoms with Gasteiger partial charge in [0.1, 0.15) is 12.4 Å². The van der Waals surface area contributed by atoms with Gasteiger partial charge in [-0.1, -0.05) is 30.3 Å². The number of benzene rings is 2. The molecule has 134 valence electrons. The van der Waals surface area contributed by atoms with Gasteiger partial charge in [0.25, 0.3) is 5.91 Å². The lowest BCUT2D eigenvalue weighted by Gasteiger charge is -2.09. The zero-order valence-electron chi connectivity index (χ0n) is 15.1. The molecule has 0 spiro atoms. The van der Waals surface area contributed by atoms with Crippen LogP contribution in [0.2, 0.25) is 0 Å². The summed E-state index contributed by atoms with van der Waals surface area (Å²) in [7, 11) is 0. The second kappa shape index (κ2) is 8.50. The molecular formula is C22H23NO3. The van der Waals surface area contributed by atoms with E-state index >= 15 is 0 Å². The number of aryl methyl sites for hydroxylation is 2. The van der Waals surface area contributed by atoms with Crippen LogP contribution >= 0.6 is 0 Å². The highest BCUT2D eigenvalue weighted by atomic mass is 16.5. The van der Waals surface area contributed by atoms with Crippen LogP contribution in [0.5, 0.6) is 0 Å². The Morgan fingerprint density at radius 3 is 2.58 bits per heavy atom. The van der Waals surface area contributed by atoms with Crippen LogP contribution in [0.25, 0.3) is 0 Å². The maximum absolute atomic E-state index is 12.3. The molecule has 0 fully saturated rings. The number of amides is 1. The van der Waals surface area contributed by atoms with E-state index in [1.165, 1.54) is 5.56 Å². The molecule has 0 saturated carbocycles. The van der Waals surface area contributed by atoms with E-state index in [4.69, 9.17) is 9.15 Å². The Labute approximate surface area is 153 Å². The first-order valence-electron chi connectivity index (χ1n) is 8.65. The van der Waals surface area contributed by atoms with E-state index < -0.39 is 0 Å². The standard InChI is InChI=1S/C22H23NO3/c1-16-8-9-20(11-17(16)2)22(24)23-13-18-5-3-6-19(12-18)14-25-15-21-7-4-10-26-21/h3-12H,13-15H2,1-2H3,(H,23,24). The Kier molecular flexibility index (Phi) is 5.87. The largest absolute Gasteiger partial charge is 0.467 e. The van der Waals surface area contributed by atoms with Crippen LogP contribution in [-0.2, 0) is 24.5 Å². The summed E-state index contributed by atoms with van der Waals surface area (Å²) in [5.41, 5.74) is 5.10. The summed E-state index contributed by atoms with van der Waals surface area (Å²) in [6.07, 6.45) is 1.64. The fourth-order valence-electron chi connectivity index (χ4n) is 2.66. The van der Waals surface area contributed by atoms with E-state index in [-0.39, 0.29) is 5.91 Å². The Morgan fingerprint density at radius 2 is 1.81 bits per heavy atom. The SMILES string of the molecule is Cc1ccc(C(=O)NCc2cccc(COCc3ccco3)c2)cc1C. The molecule has 3 rings (SSSR count). The number of furan rings is 1. The average Bonchev–Trinajstić information content (AvgIpc) is 3.16. The number of ether oxygens (including phenoxy) is 1. The van der Waals surface area contributed by atoms with Crippen molar-refractivity contribution < 1.29 is 13.9 Å². The summed E-state index contributed by atoms with van der Waals surface area (Å²) in [6.45, 7) is 5.48. The lowest BCUT2D eigenvalue weighted by Crippen LogP contribution is -2.23. The van der Waals surface area contributed by atoms with Crippen molar-refractivity contribution in [1.29, 1.82) is 0 Å². The highest BCUT2D eigenvalue weighted by Crippen LogP contribution is 2.11. The minimum atomic E-state index is -0.0624. The average molecular weight is 349 g/mol. The minimum absolute atomic E-state index is 0.0624. The molecule has 3 aromatic rings. The predicted octanol–water partition coefficient (Wildman–Crippen LogP) is 4.54. The van der Waals surface area contributed by atoms with Crippen LogP contribution < -0.4 is 5.32 Å². The van der Waals surface area contributed by atoms with Gasteiger partial charge in [-0.15, -0.1) is 0 Å². The van der Waals surface area contributed by atoms with Crippen molar-refractivity contribution in [3.05, 3.63) is 94.4 Å². The van der Waals surface area contributed by atoms with Gasteiger partial charge in [-0.25, -0.2) is 0 Å². The number of hydrogen-bond acceptors (Lipinski definition) is 3. The predicted molar refractivity (Wildman–Crippen MR) is 101 cm³/mol. The third kappa shape index (κ3) is 4.83. The summed E-state index contributed by atoms with van der Waals surface area (Å²) < 4.78 is 10.9. The molecule has 1 amide bonds. The lowest BCUT2D eigenvalue weighted by atomic mass is 10.1. The molecule has 1 N–H and O–H groups in total. The molecule has 0 bridgehead atoms. The van der Waals surface area contributed by atoms with E-state index in [9.17, 15) is 4.79 Å². The van der Waals surface area contributed by atoms with Crippen LogP contribution in [0, 0.1) is 13.8 Å². The Hall–Kier alpha value is -2.85. The topological polar surface area (TPSA) is 51.5 Å². The maximum atomic E-state index is 12.3. The number of rotatable bonds is 7. The Morgan fingerprint density at radius 1 is 0.962 bits per heavy atom. The third-order valence-corrected chi connectivity index (χ3v) is 4.31. The molecule has 1 aromatic heterocycles. The molecule has 0 saturated heterocycles. The van der Waals surface area contributed by atoms with Crippen molar-refractivity contribution >= 4 is 5.91 Å². The zero-order chi connectivity index (χ0) is 18.4. The van der Waals surface area contributed by atoms with Gasteiger partial charge in [0.15, 0.2) is 0 Å². The number of carbonyl (C=O) groups is 1. The molecule has 0 unspecified atom stereocenters. The summed E-state index contributed by atoms with van der Waals surface area (Å²) in [4.78, 5) is 12.3. The first kappa shape index (κ1) is 18.0. The minimum Gasteiger partial charge on any atom is -0.467 e. The van der Waals surface area contributed by atoms with Gasteiger partial charge < -0.3 is 14.5 Å². The summed E-state index contributed by atoms with van der Waals surface area (Å²) in [6, 6.07) is 17.5. The summed E-state index contributed by atoms with van der Waals surface area (Å²) >= 11 is 0. The van der Waals surface area contributed by atoms with Gasteiger partial charge in [-0.3, -0.25) is 4.79 Å². The molecule has 0 aliphatic carbocycles. The summed E-state index contributed by atoms with van der Waals surface area (Å²) in [5, 5.41) is 2.97. The van der Waals surface area contributed by atoms with Crippen molar-refractivity contribution in [2.24, 2.45) is 0 Å². The molecule has 2 aromatic carbocycles. The van der Waals surface area contributed by atoms with E-state index in [1.54, 1.807) is 6.26 Å². The van der Waals surface area contributed by atoms with Gasteiger partial charge in [0.05, 0.1) is 12.9 Å². The molecule has 4 nitrogen and oxygen atoms in total. The van der Waals surface area contributed by atoms with Crippen molar-refractivity contribution in [3.8, 4) is 0 Å². The molecule has 0 radical (unpaired) electrons. The van der Waals surface area contributed by atoms with E-state index in [0.717, 1.165) is 22.5 Å². The van der Waals surface area contributed by atoms with Crippen LogP contribution in [0.1, 0.15) is 38.4 Å². The molecule has 0 atom stereocenters. The van der Waals surface area contributed by atoms with E-state index in [0.29, 0.717) is 25.3 Å². The van der Waals surface area contributed by atoms with Crippen molar-refractivity contribution in [2.45, 2.75) is 33.6 Å². The number of carbonyl (C=O) groups excluding carboxylic acids is 1. The first-order chi connectivity index (χ1) is 12.6. The number of hydrogen-bond donors (Lipinski definition) is 1. The fourth-order valence-corrected chi connectivity index (χ4v) is 2.66. The van der Waals surface area contributed by atoms with Crippen LogP contribution in [0.4, 0.5) is 0 Å². The molecule has 26 heavy (non-hydrogen) atoms. The highest BCUT2D eigenvalue weighted by Gasteiger charge is 2.07. The first-order valence-corrected chi connectivity index (χ1v) is 8.65. The molecule has 4 heteroatoms. The van der Waals surface area contributed by atoms with Crippen LogP contribution in [-0.4, -0.2) is 5.91 Å².